The number of anilines is 1. The first-order chi connectivity index (χ1) is 10.8. The van der Waals surface area contributed by atoms with Gasteiger partial charge in [0.2, 0.25) is 5.89 Å². The van der Waals surface area contributed by atoms with E-state index in [0.29, 0.717) is 23.6 Å². The van der Waals surface area contributed by atoms with Crippen molar-refractivity contribution in [2.45, 2.75) is 38.0 Å². The van der Waals surface area contributed by atoms with Crippen LogP contribution in [0.2, 0.25) is 0 Å². The molecule has 0 bridgehead atoms. The van der Waals surface area contributed by atoms with Gasteiger partial charge in [0, 0.05) is 19.0 Å². The minimum atomic E-state index is 0.325. The van der Waals surface area contributed by atoms with E-state index < -0.39 is 0 Å². The fourth-order valence-electron chi connectivity index (χ4n) is 3.31. The van der Waals surface area contributed by atoms with Crippen molar-refractivity contribution < 1.29 is 9.52 Å². The van der Waals surface area contributed by atoms with E-state index in [1.165, 1.54) is 24.8 Å². The van der Waals surface area contributed by atoms with Crippen molar-refractivity contribution in [1.82, 2.24) is 10.2 Å². The van der Waals surface area contributed by atoms with E-state index in [2.05, 4.69) is 15.1 Å². The summed E-state index contributed by atoms with van der Waals surface area (Å²) < 4.78 is 5.86. The molecule has 1 saturated heterocycles. The van der Waals surface area contributed by atoms with Crippen LogP contribution >= 0.6 is 0 Å². The predicted octanol–water partition coefficient (Wildman–Crippen LogP) is 3.11. The van der Waals surface area contributed by atoms with Crippen molar-refractivity contribution in [1.29, 1.82) is 0 Å². The van der Waals surface area contributed by atoms with Crippen molar-refractivity contribution in [3.8, 4) is 5.75 Å². The first-order valence-corrected chi connectivity index (χ1v) is 8.14. The monoisotopic (exact) mass is 299 g/mol. The lowest BCUT2D eigenvalue weighted by Gasteiger charge is -2.21. The maximum Gasteiger partial charge on any atom is 0.318 e. The van der Waals surface area contributed by atoms with E-state index >= 15 is 0 Å². The van der Waals surface area contributed by atoms with Gasteiger partial charge in [-0.3, -0.25) is 0 Å². The number of rotatable bonds is 4. The van der Waals surface area contributed by atoms with Crippen LogP contribution in [0.1, 0.15) is 43.1 Å². The van der Waals surface area contributed by atoms with Crippen LogP contribution in [-0.2, 0) is 6.42 Å². The van der Waals surface area contributed by atoms with Crippen LogP contribution in [-0.4, -0.2) is 28.4 Å². The summed E-state index contributed by atoms with van der Waals surface area (Å²) in [5, 5.41) is 17.8. The van der Waals surface area contributed by atoms with Crippen LogP contribution in [0.25, 0.3) is 0 Å². The molecule has 1 N–H and O–H groups in total. The molecule has 2 fully saturated rings. The molecule has 22 heavy (non-hydrogen) atoms. The topological polar surface area (TPSA) is 62.4 Å². The van der Waals surface area contributed by atoms with Crippen molar-refractivity contribution in [2.75, 3.05) is 18.0 Å². The van der Waals surface area contributed by atoms with Crippen molar-refractivity contribution in [3.05, 3.63) is 35.7 Å². The van der Waals surface area contributed by atoms with Gasteiger partial charge in [0.15, 0.2) is 0 Å². The largest absolute Gasteiger partial charge is 0.508 e. The third-order valence-electron chi connectivity index (χ3n) is 4.90. The summed E-state index contributed by atoms with van der Waals surface area (Å²) in [5.74, 6) is 2.25. The lowest BCUT2D eigenvalue weighted by atomic mass is 9.85. The highest BCUT2D eigenvalue weighted by Gasteiger charge is 2.29. The summed E-state index contributed by atoms with van der Waals surface area (Å²) in [7, 11) is 0. The first-order valence-electron chi connectivity index (χ1n) is 8.14. The van der Waals surface area contributed by atoms with Gasteiger partial charge < -0.3 is 14.4 Å². The van der Waals surface area contributed by atoms with Gasteiger partial charge in [0.25, 0.3) is 0 Å². The molecular formula is C17H21N3O2. The lowest BCUT2D eigenvalue weighted by Crippen LogP contribution is -2.20. The van der Waals surface area contributed by atoms with Gasteiger partial charge in [0.1, 0.15) is 5.75 Å². The Morgan fingerprint density at radius 1 is 1.14 bits per heavy atom. The van der Waals surface area contributed by atoms with E-state index in [0.717, 1.165) is 31.8 Å². The zero-order valence-corrected chi connectivity index (χ0v) is 12.6. The molecule has 1 aliphatic carbocycles. The average molecular weight is 299 g/mol. The number of aromatic nitrogens is 2. The molecule has 1 aromatic heterocycles. The Balaban J connectivity index is 1.37. The molecular weight excluding hydrogens is 278 g/mol. The second-order valence-electron chi connectivity index (χ2n) is 6.52. The average Bonchev–Trinajstić information content (AvgIpc) is 3.09. The van der Waals surface area contributed by atoms with Crippen LogP contribution in [0.3, 0.4) is 0 Å². The lowest BCUT2D eigenvalue weighted by molar-refractivity contribution is 0.336. The number of phenolic OH excluding ortho intramolecular Hbond substituents is 1. The van der Waals surface area contributed by atoms with E-state index in [-0.39, 0.29) is 0 Å². The highest BCUT2D eigenvalue weighted by Crippen LogP contribution is 2.37. The van der Waals surface area contributed by atoms with Gasteiger partial charge in [-0.05, 0) is 49.3 Å². The highest BCUT2D eigenvalue weighted by molar-refractivity contribution is 5.29. The number of hydrogen-bond donors (Lipinski definition) is 1. The Morgan fingerprint density at radius 3 is 2.68 bits per heavy atom. The standard InChI is InChI=1S/C17H21N3O2/c21-15-6-4-12(5-7-15)10-13-8-9-20(11-13)17-19-18-16(22-17)14-2-1-3-14/h4-7,13-14,21H,1-3,8-11H2. The molecule has 2 heterocycles. The molecule has 1 aliphatic heterocycles. The number of hydrogen-bond acceptors (Lipinski definition) is 5. The van der Waals surface area contributed by atoms with Crippen LogP contribution in [0.4, 0.5) is 6.01 Å². The summed E-state index contributed by atoms with van der Waals surface area (Å²) in [5.41, 5.74) is 1.27. The fraction of sp³-hybridized carbons (Fsp3) is 0.529. The molecule has 5 heteroatoms. The van der Waals surface area contributed by atoms with Crippen molar-refractivity contribution in [3.63, 3.8) is 0 Å². The van der Waals surface area contributed by atoms with Crippen LogP contribution in [0.5, 0.6) is 5.75 Å². The minimum absolute atomic E-state index is 0.325. The van der Waals surface area contributed by atoms with Crippen molar-refractivity contribution in [2.24, 2.45) is 5.92 Å². The summed E-state index contributed by atoms with van der Waals surface area (Å²) in [4.78, 5) is 2.21. The molecule has 1 atom stereocenters. The summed E-state index contributed by atoms with van der Waals surface area (Å²) in [6, 6.07) is 8.20. The maximum atomic E-state index is 9.34. The number of phenols is 1. The molecule has 0 amide bonds. The first kappa shape index (κ1) is 13.6. The zero-order valence-electron chi connectivity index (χ0n) is 12.6. The summed E-state index contributed by atoms with van der Waals surface area (Å²) in [6.07, 6.45) is 5.82. The van der Waals surface area contributed by atoms with E-state index in [9.17, 15) is 5.11 Å². The number of benzene rings is 1. The molecule has 1 aromatic carbocycles. The summed E-state index contributed by atoms with van der Waals surface area (Å²) in [6.45, 7) is 1.95. The molecule has 4 rings (SSSR count). The minimum Gasteiger partial charge on any atom is -0.508 e. The van der Waals surface area contributed by atoms with E-state index in [4.69, 9.17) is 4.42 Å². The number of nitrogens with zero attached hydrogens (tertiary/aromatic N) is 3. The third kappa shape index (κ3) is 2.67. The molecule has 0 radical (unpaired) electrons. The normalized spacial score (nSPS) is 22.0. The van der Waals surface area contributed by atoms with Crippen LogP contribution in [0, 0.1) is 5.92 Å². The fourth-order valence-corrected chi connectivity index (χ4v) is 3.31. The van der Waals surface area contributed by atoms with Crippen molar-refractivity contribution >= 4 is 6.01 Å². The van der Waals surface area contributed by atoms with Gasteiger partial charge in [-0.25, -0.2) is 0 Å². The molecule has 2 aromatic rings. The Labute approximate surface area is 130 Å². The molecule has 2 aliphatic rings. The van der Waals surface area contributed by atoms with E-state index in [1.807, 2.05) is 12.1 Å². The summed E-state index contributed by atoms with van der Waals surface area (Å²) >= 11 is 0. The Hall–Kier alpha value is -2.04. The predicted molar refractivity (Wildman–Crippen MR) is 83.0 cm³/mol. The second-order valence-corrected chi connectivity index (χ2v) is 6.52. The van der Waals surface area contributed by atoms with Crippen LogP contribution in [0.15, 0.2) is 28.7 Å². The molecule has 116 valence electrons. The third-order valence-corrected chi connectivity index (χ3v) is 4.90. The molecule has 1 unspecified atom stereocenters. The SMILES string of the molecule is Oc1ccc(CC2CCN(c3nnc(C4CCC4)o3)C2)cc1. The smallest absolute Gasteiger partial charge is 0.318 e. The Morgan fingerprint density at radius 2 is 1.95 bits per heavy atom. The molecule has 5 nitrogen and oxygen atoms in total. The molecule has 0 spiro atoms. The Kier molecular flexibility index (Phi) is 3.48. The quantitative estimate of drug-likeness (QED) is 0.940. The van der Waals surface area contributed by atoms with Gasteiger partial charge >= 0.3 is 6.01 Å². The number of aromatic hydroxyl groups is 1. The van der Waals surface area contributed by atoms with E-state index in [1.54, 1.807) is 12.1 Å². The van der Waals surface area contributed by atoms with Gasteiger partial charge in [-0.15, -0.1) is 5.10 Å². The molecule has 1 saturated carbocycles. The zero-order chi connectivity index (χ0) is 14.9. The second kappa shape index (κ2) is 5.63. The Bertz CT molecular complexity index is 634. The maximum absolute atomic E-state index is 9.34. The van der Waals surface area contributed by atoms with Crippen LogP contribution < -0.4 is 4.90 Å². The highest BCUT2D eigenvalue weighted by atomic mass is 16.4. The van der Waals surface area contributed by atoms with Gasteiger partial charge in [-0.1, -0.05) is 23.7 Å². The van der Waals surface area contributed by atoms with Gasteiger partial charge in [-0.2, -0.15) is 0 Å². The van der Waals surface area contributed by atoms with Gasteiger partial charge in [0.05, 0.1) is 0 Å².